The Morgan fingerprint density at radius 1 is 1.22 bits per heavy atom. The lowest BCUT2D eigenvalue weighted by Gasteiger charge is -2.11. The standard InChI is InChI=1S/C17H14N2O2S2/c18-9-12-5-7-14(8-6-12)21-10-13(20)11-22-17-19-15-3-1-2-4-16(15)23-17/h1-8,13,20H,10-11H2/t13-/m1/s1. The van der Waals surface area contributed by atoms with E-state index in [9.17, 15) is 5.11 Å². The summed E-state index contributed by atoms with van der Waals surface area (Å²) >= 11 is 3.16. The molecule has 0 aliphatic rings. The average molecular weight is 342 g/mol. The molecule has 1 N–H and O–H groups in total. The summed E-state index contributed by atoms with van der Waals surface area (Å²) in [5.41, 5.74) is 1.58. The number of aliphatic hydroxyl groups is 1. The van der Waals surface area contributed by atoms with Gasteiger partial charge in [-0.1, -0.05) is 23.9 Å². The van der Waals surface area contributed by atoms with Crippen molar-refractivity contribution in [2.75, 3.05) is 12.4 Å². The number of aromatic nitrogens is 1. The molecule has 2 aromatic carbocycles. The largest absolute Gasteiger partial charge is 0.491 e. The fraction of sp³-hybridized carbons (Fsp3) is 0.176. The van der Waals surface area contributed by atoms with E-state index in [1.807, 2.05) is 24.3 Å². The van der Waals surface area contributed by atoms with Gasteiger partial charge in [0.15, 0.2) is 4.34 Å². The Morgan fingerprint density at radius 2 is 2.00 bits per heavy atom. The van der Waals surface area contributed by atoms with Gasteiger partial charge in [0.25, 0.3) is 0 Å². The van der Waals surface area contributed by atoms with Crippen molar-refractivity contribution in [2.45, 2.75) is 10.4 Å². The van der Waals surface area contributed by atoms with E-state index in [4.69, 9.17) is 10.00 Å². The molecule has 0 bridgehead atoms. The summed E-state index contributed by atoms with van der Waals surface area (Å²) in [6.07, 6.45) is -0.581. The lowest BCUT2D eigenvalue weighted by atomic mass is 10.2. The van der Waals surface area contributed by atoms with E-state index in [1.165, 1.54) is 11.8 Å². The Bertz CT molecular complexity index is 791. The monoisotopic (exact) mass is 342 g/mol. The van der Waals surface area contributed by atoms with E-state index >= 15 is 0 Å². The SMILES string of the molecule is N#Cc1ccc(OC[C@@H](O)CSc2nc3ccccc3s2)cc1. The van der Waals surface area contributed by atoms with Crippen LogP contribution < -0.4 is 4.74 Å². The molecule has 0 fully saturated rings. The maximum absolute atomic E-state index is 10.0. The zero-order valence-corrected chi connectivity index (χ0v) is 13.8. The van der Waals surface area contributed by atoms with E-state index in [0.717, 1.165) is 14.6 Å². The van der Waals surface area contributed by atoms with Gasteiger partial charge in [-0.15, -0.1) is 11.3 Å². The van der Waals surface area contributed by atoms with Crippen LogP contribution in [-0.4, -0.2) is 28.6 Å². The number of thioether (sulfide) groups is 1. The smallest absolute Gasteiger partial charge is 0.151 e. The third-order valence-corrected chi connectivity index (χ3v) is 5.42. The second-order valence-electron chi connectivity index (χ2n) is 4.86. The molecule has 0 aliphatic heterocycles. The van der Waals surface area contributed by atoms with Gasteiger partial charge in [0.05, 0.1) is 28.0 Å². The molecule has 0 radical (unpaired) electrons. The third kappa shape index (κ3) is 4.23. The Morgan fingerprint density at radius 3 is 2.74 bits per heavy atom. The van der Waals surface area contributed by atoms with Crippen molar-refractivity contribution < 1.29 is 9.84 Å². The molecule has 0 spiro atoms. The minimum Gasteiger partial charge on any atom is -0.491 e. The van der Waals surface area contributed by atoms with Crippen molar-refractivity contribution in [2.24, 2.45) is 0 Å². The van der Waals surface area contributed by atoms with Crippen molar-refractivity contribution in [3.8, 4) is 11.8 Å². The number of nitrogens with zero attached hydrogens (tertiary/aromatic N) is 2. The first-order chi connectivity index (χ1) is 11.2. The summed E-state index contributed by atoms with van der Waals surface area (Å²) in [5, 5.41) is 18.8. The molecule has 4 nitrogen and oxygen atoms in total. The molecule has 3 rings (SSSR count). The predicted octanol–water partition coefficient (Wildman–Crippen LogP) is 3.70. The third-order valence-electron chi connectivity index (χ3n) is 3.10. The highest BCUT2D eigenvalue weighted by Crippen LogP contribution is 2.29. The van der Waals surface area contributed by atoms with Crippen LogP contribution in [0.2, 0.25) is 0 Å². The molecule has 1 aromatic heterocycles. The van der Waals surface area contributed by atoms with Crippen LogP contribution in [0.5, 0.6) is 5.75 Å². The van der Waals surface area contributed by atoms with Gasteiger partial charge in [-0.2, -0.15) is 5.26 Å². The number of rotatable bonds is 6. The van der Waals surface area contributed by atoms with E-state index < -0.39 is 6.10 Å². The highest BCUT2D eigenvalue weighted by molar-refractivity contribution is 8.01. The molecule has 0 aliphatic carbocycles. The van der Waals surface area contributed by atoms with Gasteiger partial charge < -0.3 is 9.84 Å². The molecule has 0 saturated carbocycles. The Kier molecular flexibility index (Phi) is 5.13. The number of fused-ring (bicyclic) bond motifs is 1. The summed E-state index contributed by atoms with van der Waals surface area (Å²) in [7, 11) is 0. The second-order valence-corrected chi connectivity index (χ2v) is 7.16. The fourth-order valence-electron chi connectivity index (χ4n) is 1.95. The lowest BCUT2D eigenvalue weighted by molar-refractivity contribution is 0.126. The fourth-order valence-corrected chi connectivity index (χ4v) is 3.95. The van der Waals surface area contributed by atoms with E-state index in [1.54, 1.807) is 35.6 Å². The van der Waals surface area contributed by atoms with Crippen LogP contribution in [0.25, 0.3) is 10.2 Å². The summed E-state index contributed by atoms with van der Waals surface area (Å²) in [6.45, 7) is 0.212. The van der Waals surface area contributed by atoms with Crippen molar-refractivity contribution in [1.29, 1.82) is 5.26 Å². The zero-order valence-electron chi connectivity index (χ0n) is 12.2. The van der Waals surface area contributed by atoms with E-state index in [0.29, 0.717) is 17.1 Å². The molecule has 1 atom stereocenters. The Labute approximate surface area is 142 Å². The molecule has 0 amide bonds. The molecule has 3 aromatic rings. The van der Waals surface area contributed by atoms with Gasteiger partial charge in [-0.3, -0.25) is 0 Å². The number of benzene rings is 2. The van der Waals surface area contributed by atoms with Crippen LogP contribution in [0.4, 0.5) is 0 Å². The van der Waals surface area contributed by atoms with Crippen molar-refractivity contribution in [1.82, 2.24) is 4.98 Å². The lowest BCUT2D eigenvalue weighted by Crippen LogP contribution is -2.19. The van der Waals surface area contributed by atoms with Gasteiger partial charge in [-0.05, 0) is 36.4 Å². The summed E-state index contributed by atoms with van der Waals surface area (Å²) in [4.78, 5) is 4.52. The second kappa shape index (κ2) is 7.47. The predicted molar refractivity (Wildman–Crippen MR) is 93.0 cm³/mol. The van der Waals surface area contributed by atoms with Crippen LogP contribution in [0, 0.1) is 11.3 Å². The minimum atomic E-state index is -0.581. The first-order valence-corrected chi connectivity index (χ1v) is 8.84. The van der Waals surface area contributed by atoms with E-state index in [-0.39, 0.29) is 6.61 Å². The number of nitriles is 1. The summed E-state index contributed by atoms with van der Waals surface area (Å²) in [6, 6.07) is 16.9. The number of aliphatic hydroxyl groups excluding tert-OH is 1. The van der Waals surface area contributed by atoms with Gasteiger partial charge in [0.2, 0.25) is 0 Å². The highest BCUT2D eigenvalue weighted by atomic mass is 32.2. The topological polar surface area (TPSA) is 66.1 Å². The zero-order chi connectivity index (χ0) is 16.1. The number of ether oxygens (including phenoxy) is 1. The highest BCUT2D eigenvalue weighted by Gasteiger charge is 2.09. The van der Waals surface area contributed by atoms with Crippen LogP contribution in [-0.2, 0) is 0 Å². The average Bonchev–Trinajstić information content (AvgIpc) is 3.01. The molecular weight excluding hydrogens is 328 g/mol. The first kappa shape index (κ1) is 15.8. The minimum absolute atomic E-state index is 0.212. The molecular formula is C17H14N2O2S2. The van der Waals surface area contributed by atoms with Gasteiger partial charge in [0.1, 0.15) is 12.4 Å². The van der Waals surface area contributed by atoms with Crippen molar-refractivity contribution >= 4 is 33.3 Å². The summed E-state index contributed by atoms with van der Waals surface area (Å²) < 4.78 is 7.62. The van der Waals surface area contributed by atoms with Gasteiger partial charge in [0, 0.05) is 5.75 Å². The van der Waals surface area contributed by atoms with Crippen molar-refractivity contribution in [3.05, 3.63) is 54.1 Å². The van der Waals surface area contributed by atoms with Crippen molar-refractivity contribution in [3.63, 3.8) is 0 Å². The Hall–Kier alpha value is -2.07. The van der Waals surface area contributed by atoms with Crippen LogP contribution in [0.3, 0.4) is 0 Å². The maximum Gasteiger partial charge on any atom is 0.151 e. The summed E-state index contributed by atoms with van der Waals surface area (Å²) in [5.74, 6) is 1.17. The van der Waals surface area contributed by atoms with Crippen LogP contribution >= 0.6 is 23.1 Å². The molecule has 23 heavy (non-hydrogen) atoms. The first-order valence-electron chi connectivity index (χ1n) is 7.04. The van der Waals surface area contributed by atoms with Crippen LogP contribution in [0.1, 0.15) is 5.56 Å². The number of thiazole rings is 1. The maximum atomic E-state index is 10.0. The quantitative estimate of drug-likeness (QED) is 0.692. The molecule has 1 heterocycles. The van der Waals surface area contributed by atoms with E-state index in [2.05, 4.69) is 11.1 Å². The molecule has 116 valence electrons. The normalized spacial score (nSPS) is 12.0. The van der Waals surface area contributed by atoms with Crippen LogP contribution in [0.15, 0.2) is 52.9 Å². The van der Waals surface area contributed by atoms with Gasteiger partial charge >= 0.3 is 0 Å². The molecule has 0 unspecified atom stereocenters. The number of hydrogen-bond acceptors (Lipinski definition) is 6. The number of para-hydroxylation sites is 1. The molecule has 6 heteroatoms. The number of hydrogen-bond donors (Lipinski definition) is 1. The van der Waals surface area contributed by atoms with Gasteiger partial charge in [-0.25, -0.2) is 4.98 Å². The Balaban J connectivity index is 1.49. The molecule has 0 saturated heterocycles.